The fourth-order valence-electron chi connectivity index (χ4n) is 2.20. The van der Waals surface area contributed by atoms with Crippen LogP contribution in [0.25, 0.3) is 0 Å². The van der Waals surface area contributed by atoms with Gasteiger partial charge in [-0.05, 0) is 17.9 Å². The van der Waals surface area contributed by atoms with Crippen LogP contribution in [0.4, 0.5) is 0 Å². The molecule has 1 aliphatic rings. The normalized spacial score (nSPS) is 19.8. The van der Waals surface area contributed by atoms with E-state index in [4.69, 9.17) is 9.47 Å². The molecule has 0 amide bonds. The smallest absolute Gasteiger partial charge is 0.310 e. The molecule has 1 N–H and O–H groups in total. The second-order valence-electron chi connectivity index (χ2n) is 5.38. The van der Waals surface area contributed by atoms with Crippen LogP contribution in [0.1, 0.15) is 18.9 Å². The highest BCUT2D eigenvalue weighted by atomic mass is 16.5. The van der Waals surface area contributed by atoms with Gasteiger partial charge in [-0.3, -0.25) is 4.79 Å². The molecule has 4 heteroatoms. The molecule has 1 saturated heterocycles. The van der Waals surface area contributed by atoms with E-state index in [1.54, 1.807) is 0 Å². The monoisotopic (exact) mass is 277 g/mol. The third kappa shape index (κ3) is 4.94. The van der Waals surface area contributed by atoms with Crippen molar-refractivity contribution < 1.29 is 14.3 Å². The maximum atomic E-state index is 11.9. The molecule has 2 atom stereocenters. The number of ether oxygens (including phenoxy) is 2. The molecule has 1 heterocycles. The molecule has 2 unspecified atom stereocenters. The van der Waals surface area contributed by atoms with Gasteiger partial charge in [0.05, 0.1) is 12.5 Å². The summed E-state index contributed by atoms with van der Waals surface area (Å²) < 4.78 is 10.6. The molecule has 0 saturated carbocycles. The van der Waals surface area contributed by atoms with Crippen molar-refractivity contribution in [3.8, 4) is 0 Å². The van der Waals surface area contributed by atoms with E-state index in [0.29, 0.717) is 19.1 Å². The van der Waals surface area contributed by atoms with Crippen molar-refractivity contribution in [2.24, 2.45) is 11.8 Å². The minimum atomic E-state index is -0.149. The average Bonchev–Trinajstić information content (AvgIpc) is 2.99. The van der Waals surface area contributed by atoms with Gasteiger partial charge in [0.15, 0.2) is 0 Å². The molecule has 1 aromatic carbocycles. The maximum absolute atomic E-state index is 11.9. The SMILES string of the molecule is CC(CNCC1CCOC1)C(=O)OCc1ccccc1. The molecule has 2 rings (SSSR count). The van der Waals surface area contributed by atoms with Crippen molar-refractivity contribution in [2.75, 3.05) is 26.3 Å². The Bertz CT molecular complexity index is 401. The molecular weight excluding hydrogens is 254 g/mol. The van der Waals surface area contributed by atoms with Gasteiger partial charge in [0.2, 0.25) is 0 Å². The second-order valence-corrected chi connectivity index (χ2v) is 5.38. The van der Waals surface area contributed by atoms with Crippen LogP contribution < -0.4 is 5.32 Å². The summed E-state index contributed by atoms with van der Waals surface area (Å²) in [7, 11) is 0. The predicted molar refractivity (Wildman–Crippen MR) is 77.2 cm³/mol. The first-order valence-electron chi connectivity index (χ1n) is 7.24. The Morgan fingerprint density at radius 1 is 1.45 bits per heavy atom. The molecule has 1 aliphatic heterocycles. The van der Waals surface area contributed by atoms with Gasteiger partial charge in [-0.25, -0.2) is 0 Å². The van der Waals surface area contributed by atoms with Crippen LogP contribution in [0.3, 0.4) is 0 Å². The molecule has 1 aromatic rings. The molecule has 4 nitrogen and oxygen atoms in total. The van der Waals surface area contributed by atoms with Crippen LogP contribution in [-0.4, -0.2) is 32.3 Å². The zero-order chi connectivity index (χ0) is 14.2. The average molecular weight is 277 g/mol. The van der Waals surface area contributed by atoms with Crippen molar-refractivity contribution in [3.63, 3.8) is 0 Å². The minimum absolute atomic E-state index is 0.124. The third-order valence-electron chi connectivity index (χ3n) is 3.53. The van der Waals surface area contributed by atoms with Crippen LogP contribution >= 0.6 is 0 Å². The lowest BCUT2D eigenvalue weighted by atomic mass is 10.1. The zero-order valence-electron chi connectivity index (χ0n) is 12.0. The summed E-state index contributed by atoms with van der Waals surface area (Å²) in [5.41, 5.74) is 1.02. The first kappa shape index (κ1) is 15.0. The first-order valence-corrected chi connectivity index (χ1v) is 7.24. The van der Waals surface area contributed by atoms with Gasteiger partial charge in [-0.2, -0.15) is 0 Å². The quantitative estimate of drug-likeness (QED) is 0.774. The molecular formula is C16H23NO3. The fourth-order valence-corrected chi connectivity index (χ4v) is 2.20. The minimum Gasteiger partial charge on any atom is -0.461 e. The van der Waals surface area contributed by atoms with E-state index in [0.717, 1.165) is 31.7 Å². The van der Waals surface area contributed by atoms with Gasteiger partial charge < -0.3 is 14.8 Å². The molecule has 0 bridgehead atoms. The van der Waals surface area contributed by atoms with Crippen molar-refractivity contribution in [3.05, 3.63) is 35.9 Å². The predicted octanol–water partition coefficient (Wildman–Crippen LogP) is 1.99. The lowest BCUT2D eigenvalue weighted by Crippen LogP contribution is -2.31. The molecule has 0 aliphatic carbocycles. The first-order chi connectivity index (χ1) is 9.75. The van der Waals surface area contributed by atoms with Crippen LogP contribution in [-0.2, 0) is 20.9 Å². The third-order valence-corrected chi connectivity index (χ3v) is 3.53. The molecule has 110 valence electrons. The van der Waals surface area contributed by atoms with Gasteiger partial charge in [0, 0.05) is 19.7 Å². The summed E-state index contributed by atoms with van der Waals surface area (Å²) in [4.78, 5) is 11.9. The van der Waals surface area contributed by atoms with Crippen LogP contribution in [0.5, 0.6) is 0 Å². The van der Waals surface area contributed by atoms with Crippen molar-refractivity contribution in [1.29, 1.82) is 0 Å². The molecule has 1 fully saturated rings. The zero-order valence-corrected chi connectivity index (χ0v) is 12.0. The Balaban J connectivity index is 1.61. The summed E-state index contributed by atoms with van der Waals surface area (Å²) in [6.07, 6.45) is 1.11. The lowest BCUT2D eigenvalue weighted by Gasteiger charge is -2.14. The molecule has 0 aromatic heterocycles. The van der Waals surface area contributed by atoms with Crippen LogP contribution in [0.2, 0.25) is 0 Å². The maximum Gasteiger partial charge on any atom is 0.310 e. The number of hydrogen-bond acceptors (Lipinski definition) is 4. The standard InChI is InChI=1S/C16H23NO3/c1-13(9-17-10-15-7-8-19-11-15)16(18)20-12-14-5-3-2-4-6-14/h2-6,13,15,17H,7-12H2,1H3. The highest BCUT2D eigenvalue weighted by Crippen LogP contribution is 2.11. The summed E-state index contributed by atoms with van der Waals surface area (Å²) in [6, 6.07) is 9.74. The molecule has 20 heavy (non-hydrogen) atoms. The number of carbonyl (C=O) groups excluding carboxylic acids is 1. The van der Waals surface area contributed by atoms with E-state index < -0.39 is 0 Å². The lowest BCUT2D eigenvalue weighted by molar-refractivity contribution is -0.149. The second kappa shape index (κ2) is 8.02. The van der Waals surface area contributed by atoms with Gasteiger partial charge in [0.25, 0.3) is 0 Å². The van der Waals surface area contributed by atoms with E-state index in [1.165, 1.54) is 0 Å². The molecule has 0 radical (unpaired) electrons. The highest BCUT2D eigenvalue weighted by molar-refractivity contribution is 5.72. The van der Waals surface area contributed by atoms with E-state index in [-0.39, 0.29) is 11.9 Å². The largest absolute Gasteiger partial charge is 0.461 e. The van der Waals surface area contributed by atoms with Crippen LogP contribution in [0, 0.1) is 11.8 Å². The summed E-state index contributed by atoms with van der Waals surface area (Å²) >= 11 is 0. The van der Waals surface area contributed by atoms with Crippen molar-refractivity contribution in [2.45, 2.75) is 20.0 Å². The Kier molecular flexibility index (Phi) is 6.02. The van der Waals surface area contributed by atoms with Gasteiger partial charge in [0.1, 0.15) is 6.61 Å². The number of rotatable bonds is 7. The number of esters is 1. The number of carbonyl (C=O) groups is 1. The highest BCUT2D eigenvalue weighted by Gasteiger charge is 2.17. The van der Waals surface area contributed by atoms with E-state index in [9.17, 15) is 4.79 Å². The van der Waals surface area contributed by atoms with Gasteiger partial charge in [-0.15, -0.1) is 0 Å². The molecule has 0 spiro atoms. The summed E-state index contributed by atoms with van der Waals surface area (Å²) in [5, 5.41) is 3.33. The Morgan fingerprint density at radius 3 is 2.95 bits per heavy atom. The summed E-state index contributed by atoms with van der Waals surface area (Å²) in [6.45, 7) is 5.51. The Hall–Kier alpha value is -1.39. The number of benzene rings is 1. The number of hydrogen-bond donors (Lipinski definition) is 1. The summed E-state index contributed by atoms with van der Waals surface area (Å²) in [5.74, 6) is 0.313. The van der Waals surface area contributed by atoms with E-state index in [1.807, 2.05) is 37.3 Å². The van der Waals surface area contributed by atoms with Gasteiger partial charge in [-0.1, -0.05) is 37.3 Å². The Morgan fingerprint density at radius 2 is 2.25 bits per heavy atom. The van der Waals surface area contributed by atoms with Crippen LogP contribution in [0.15, 0.2) is 30.3 Å². The van der Waals surface area contributed by atoms with E-state index >= 15 is 0 Å². The Labute approximate surface area is 120 Å². The van der Waals surface area contributed by atoms with Gasteiger partial charge >= 0.3 is 5.97 Å². The topological polar surface area (TPSA) is 47.6 Å². The van der Waals surface area contributed by atoms with Crippen molar-refractivity contribution >= 4 is 5.97 Å². The van der Waals surface area contributed by atoms with E-state index in [2.05, 4.69) is 5.32 Å². The number of nitrogens with one attached hydrogen (secondary N) is 1. The van der Waals surface area contributed by atoms with Crippen molar-refractivity contribution in [1.82, 2.24) is 5.32 Å². The fraction of sp³-hybridized carbons (Fsp3) is 0.562.